The molecule has 2 aromatic heterocycles. The van der Waals surface area contributed by atoms with Crippen LogP contribution < -0.4 is 20.1 Å². The number of nitrogens with two attached hydrogens (primary N) is 1. The van der Waals surface area contributed by atoms with Gasteiger partial charge in [0.2, 0.25) is 5.95 Å². The summed E-state index contributed by atoms with van der Waals surface area (Å²) in [5.41, 5.74) is 6.05. The minimum absolute atomic E-state index is 0.0805. The Morgan fingerprint density at radius 2 is 1.65 bits per heavy atom. The van der Waals surface area contributed by atoms with Gasteiger partial charge in [-0.3, -0.25) is 0 Å². The highest BCUT2D eigenvalue weighted by molar-refractivity contribution is 5.92. The van der Waals surface area contributed by atoms with Crippen LogP contribution in [-0.2, 0) is 4.74 Å². The molecule has 0 spiro atoms. The number of hydrogen-bond acceptors (Lipinski definition) is 8. The summed E-state index contributed by atoms with van der Waals surface area (Å²) in [6.45, 7) is 1.31. The summed E-state index contributed by atoms with van der Waals surface area (Å²) in [5, 5.41) is 0.559. The molecule has 0 unspecified atom stereocenters. The Bertz CT molecular complexity index is 1090. The molecule has 3 heterocycles. The minimum Gasteiger partial charge on any atom is -0.494 e. The van der Waals surface area contributed by atoms with Crippen LogP contribution in [0.15, 0.2) is 18.3 Å². The molecule has 31 heavy (non-hydrogen) atoms. The first-order valence-electron chi connectivity index (χ1n) is 9.78. The van der Waals surface area contributed by atoms with Crippen molar-refractivity contribution in [3.8, 4) is 22.8 Å². The Morgan fingerprint density at radius 1 is 1.00 bits per heavy atom. The zero-order valence-electron chi connectivity index (χ0n) is 17.5. The molecule has 0 bridgehead atoms. The molecule has 1 fully saturated rings. The molecule has 164 valence electrons. The van der Waals surface area contributed by atoms with E-state index in [9.17, 15) is 0 Å². The summed E-state index contributed by atoms with van der Waals surface area (Å²) in [6, 6.07) is 2.69. The first-order valence-corrected chi connectivity index (χ1v) is 9.78. The van der Waals surface area contributed by atoms with E-state index in [2.05, 4.69) is 15.0 Å². The van der Waals surface area contributed by atoms with E-state index in [1.807, 2.05) is 4.90 Å². The van der Waals surface area contributed by atoms with Crippen molar-refractivity contribution in [2.24, 2.45) is 0 Å². The van der Waals surface area contributed by atoms with Crippen molar-refractivity contribution in [3.05, 3.63) is 30.0 Å². The van der Waals surface area contributed by atoms with Crippen LogP contribution in [0.25, 0.3) is 22.2 Å². The number of aromatic nitrogens is 3. The van der Waals surface area contributed by atoms with Gasteiger partial charge in [0, 0.05) is 37.8 Å². The number of nitrogens with zero attached hydrogens (tertiary/aromatic N) is 4. The van der Waals surface area contributed by atoms with E-state index >= 15 is 8.78 Å². The molecule has 8 nitrogen and oxygen atoms in total. The van der Waals surface area contributed by atoms with Crippen molar-refractivity contribution in [3.63, 3.8) is 0 Å². The Hall–Kier alpha value is -3.27. The summed E-state index contributed by atoms with van der Waals surface area (Å²) in [6.07, 6.45) is 3.25. The minimum atomic E-state index is -0.868. The van der Waals surface area contributed by atoms with Crippen LogP contribution >= 0.6 is 0 Å². The Morgan fingerprint density at radius 3 is 2.23 bits per heavy atom. The number of piperidine rings is 1. The van der Waals surface area contributed by atoms with Crippen LogP contribution in [0.4, 0.5) is 20.5 Å². The number of fused-ring (bicyclic) bond motifs is 1. The molecule has 0 aliphatic carbocycles. The van der Waals surface area contributed by atoms with Gasteiger partial charge in [0.05, 0.1) is 31.6 Å². The quantitative estimate of drug-likeness (QED) is 0.658. The molecule has 4 rings (SSSR count). The molecule has 0 radical (unpaired) electrons. The fraction of sp³-hybridized carbons (Fsp3) is 0.381. The highest BCUT2D eigenvalue weighted by Crippen LogP contribution is 2.39. The smallest absolute Gasteiger partial charge is 0.220 e. The molecule has 1 aliphatic rings. The fourth-order valence-corrected chi connectivity index (χ4v) is 3.80. The maximum absolute atomic E-state index is 15.1. The van der Waals surface area contributed by atoms with E-state index in [1.54, 1.807) is 7.11 Å². The second kappa shape index (κ2) is 8.46. The number of rotatable bonds is 5. The van der Waals surface area contributed by atoms with Gasteiger partial charge < -0.3 is 24.8 Å². The highest BCUT2D eigenvalue weighted by Gasteiger charge is 2.26. The summed E-state index contributed by atoms with van der Waals surface area (Å²) >= 11 is 0. The number of methoxy groups -OCH3 is 3. The lowest BCUT2D eigenvalue weighted by atomic mass is 10.0. The average molecular weight is 431 g/mol. The average Bonchev–Trinajstić information content (AvgIpc) is 2.79. The highest BCUT2D eigenvalue weighted by atomic mass is 19.1. The summed E-state index contributed by atoms with van der Waals surface area (Å²) < 4.78 is 45.8. The van der Waals surface area contributed by atoms with Crippen molar-refractivity contribution in [2.75, 3.05) is 45.1 Å². The number of pyridine rings is 1. The van der Waals surface area contributed by atoms with Crippen LogP contribution in [0.3, 0.4) is 0 Å². The second-order valence-electron chi connectivity index (χ2n) is 7.20. The lowest BCUT2D eigenvalue weighted by Crippen LogP contribution is -2.37. The second-order valence-corrected chi connectivity index (χ2v) is 7.20. The monoisotopic (exact) mass is 431 g/mol. The van der Waals surface area contributed by atoms with Gasteiger partial charge in [0.15, 0.2) is 29.0 Å². The van der Waals surface area contributed by atoms with Gasteiger partial charge in [-0.15, -0.1) is 0 Å². The van der Waals surface area contributed by atoms with E-state index in [0.717, 1.165) is 18.9 Å². The fourth-order valence-electron chi connectivity index (χ4n) is 3.80. The third-order valence-electron chi connectivity index (χ3n) is 5.47. The van der Waals surface area contributed by atoms with Gasteiger partial charge >= 0.3 is 0 Å². The van der Waals surface area contributed by atoms with Crippen molar-refractivity contribution in [1.29, 1.82) is 0 Å². The predicted molar refractivity (Wildman–Crippen MR) is 112 cm³/mol. The molecule has 0 saturated carbocycles. The van der Waals surface area contributed by atoms with Crippen molar-refractivity contribution in [2.45, 2.75) is 18.9 Å². The molecule has 2 N–H and O–H groups in total. The van der Waals surface area contributed by atoms with Gasteiger partial charge in [0.25, 0.3) is 0 Å². The van der Waals surface area contributed by atoms with Crippen LogP contribution in [0.1, 0.15) is 12.8 Å². The summed E-state index contributed by atoms with van der Waals surface area (Å²) in [5.74, 6) is -1.45. The maximum atomic E-state index is 15.1. The van der Waals surface area contributed by atoms with E-state index in [1.165, 1.54) is 26.5 Å². The molecule has 1 aromatic carbocycles. The molecule has 3 aromatic rings. The largest absolute Gasteiger partial charge is 0.494 e. The van der Waals surface area contributed by atoms with Crippen LogP contribution in [0, 0.1) is 11.6 Å². The lowest BCUT2D eigenvalue weighted by molar-refractivity contribution is 0.0818. The number of anilines is 2. The standard InChI is InChI=1S/C21H23F2N5O3/c1-29-12-4-6-28(7-5-12)20-19-11(10-25-21(24)27-19)8-13(26-20)16-17(22)14(30-2)9-15(31-3)18(16)23/h8-10,12H,4-7H2,1-3H3,(H2,24,25,27). The normalized spacial score (nSPS) is 14.8. The zero-order valence-corrected chi connectivity index (χ0v) is 17.5. The maximum Gasteiger partial charge on any atom is 0.220 e. The van der Waals surface area contributed by atoms with Gasteiger partial charge in [-0.05, 0) is 18.9 Å². The summed E-state index contributed by atoms with van der Waals surface area (Å²) in [7, 11) is 4.29. The Balaban J connectivity index is 1.92. The van der Waals surface area contributed by atoms with Gasteiger partial charge in [-0.25, -0.2) is 23.7 Å². The van der Waals surface area contributed by atoms with Gasteiger partial charge in [-0.2, -0.15) is 0 Å². The third kappa shape index (κ3) is 3.78. The molecule has 0 atom stereocenters. The molecule has 1 saturated heterocycles. The van der Waals surface area contributed by atoms with Crippen LogP contribution in [0.2, 0.25) is 0 Å². The van der Waals surface area contributed by atoms with Gasteiger partial charge in [0.1, 0.15) is 5.52 Å². The van der Waals surface area contributed by atoms with E-state index in [-0.39, 0.29) is 34.8 Å². The summed E-state index contributed by atoms with van der Waals surface area (Å²) in [4.78, 5) is 15.0. The van der Waals surface area contributed by atoms with E-state index in [4.69, 9.17) is 19.9 Å². The molecule has 1 aliphatic heterocycles. The van der Waals surface area contributed by atoms with Crippen molar-refractivity contribution < 1.29 is 23.0 Å². The predicted octanol–water partition coefficient (Wildman–Crippen LogP) is 3.18. The van der Waals surface area contributed by atoms with Crippen LogP contribution in [0.5, 0.6) is 11.5 Å². The first-order chi connectivity index (χ1) is 15.0. The third-order valence-corrected chi connectivity index (χ3v) is 5.47. The number of halogens is 2. The van der Waals surface area contributed by atoms with E-state index < -0.39 is 11.6 Å². The number of ether oxygens (including phenoxy) is 3. The van der Waals surface area contributed by atoms with Crippen LogP contribution in [-0.4, -0.2) is 55.5 Å². The van der Waals surface area contributed by atoms with E-state index in [0.29, 0.717) is 29.8 Å². The number of nitrogen functional groups attached to an aromatic ring is 1. The zero-order chi connectivity index (χ0) is 22.1. The topological polar surface area (TPSA) is 95.6 Å². The lowest BCUT2D eigenvalue weighted by Gasteiger charge is -2.32. The van der Waals surface area contributed by atoms with Crippen molar-refractivity contribution in [1.82, 2.24) is 15.0 Å². The Labute approximate surface area is 178 Å². The molecule has 10 heteroatoms. The molecule has 0 amide bonds. The Kier molecular flexibility index (Phi) is 5.73. The first kappa shape index (κ1) is 21.0. The van der Waals surface area contributed by atoms with Gasteiger partial charge in [-0.1, -0.05) is 0 Å². The molecular weight excluding hydrogens is 408 g/mol. The number of benzene rings is 1. The SMILES string of the molecule is COc1cc(OC)c(F)c(-c2cc3cnc(N)nc3c(N3CCC(OC)CC3)n2)c1F. The number of hydrogen-bond donors (Lipinski definition) is 1. The van der Waals surface area contributed by atoms with Crippen molar-refractivity contribution >= 4 is 22.7 Å². The molecular formula is C21H23F2N5O3.